The van der Waals surface area contributed by atoms with Crippen LogP contribution in [0.25, 0.3) is 0 Å². The summed E-state index contributed by atoms with van der Waals surface area (Å²) in [6, 6.07) is 13.3. The van der Waals surface area contributed by atoms with Crippen molar-refractivity contribution in [3.8, 4) is 0 Å². The molecule has 0 aliphatic carbocycles. The van der Waals surface area contributed by atoms with E-state index < -0.39 is 0 Å². The predicted octanol–water partition coefficient (Wildman–Crippen LogP) is 3.06. The molecule has 1 aliphatic heterocycles. The lowest BCUT2D eigenvalue weighted by Crippen LogP contribution is -2.42. The summed E-state index contributed by atoms with van der Waals surface area (Å²) >= 11 is 0. The van der Waals surface area contributed by atoms with Crippen molar-refractivity contribution >= 4 is 0 Å². The Kier molecular flexibility index (Phi) is 5.49. The highest BCUT2D eigenvalue weighted by Gasteiger charge is 2.22. The first-order valence-electron chi connectivity index (χ1n) is 8.37. The van der Waals surface area contributed by atoms with E-state index in [0.717, 1.165) is 50.9 Å². The summed E-state index contributed by atoms with van der Waals surface area (Å²) in [5, 5.41) is 3.55. The van der Waals surface area contributed by atoms with E-state index in [-0.39, 0.29) is 0 Å². The molecule has 0 saturated carbocycles. The van der Waals surface area contributed by atoms with Crippen LogP contribution in [0.3, 0.4) is 0 Å². The second-order valence-corrected chi connectivity index (χ2v) is 6.22. The standard InChI is InChI=1S/C19H26N2O2/c1-15-3-6-17(7-4-15)19(21-9-11-22-12-10-21)14-20-13-18-8-5-16(2)23-18/h3-8,19-20H,9-14H2,1-2H3. The number of hydrogen-bond acceptors (Lipinski definition) is 4. The van der Waals surface area contributed by atoms with Gasteiger partial charge in [-0.1, -0.05) is 29.8 Å². The van der Waals surface area contributed by atoms with Crippen molar-refractivity contribution in [1.29, 1.82) is 0 Å². The number of nitrogens with zero attached hydrogens (tertiary/aromatic N) is 1. The van der Waals surface area contributed by atoms with Gasteiger partial charge in [-0.3, -0.25) is 4.90 Å². The van der Waals surface area contributed by atoms with Crippen molar-refractivity contribution in [2.24, 2.45) is 0 Å². The molecule has 1 aromatic carbocycles. The number of furan rings is 1. The summed E-state index contributed by atoms with van der Waals surface area (Å²) in [6.45, 7) is 9.39. The summed E-state index contributed by atoms with van der Waals surface area (Å²) in [7, 11) is 0. The molecule has 4 nitrogen and oxygen atoms in total. The second-order valence-electron chi connectivity index (χ2n) is 6.22. The lowest BCUT2D eigenvalue weighted by atomic mass is 10.0. The maximum Gasteiger partial charge on any atom is 0.117 e. The zero-order valence-corrected chi connectivity index (χ0v) is 14.0. The van der Waals surface area contributed by atoms with Crippen molar-refractivity contribution in [3.05, 3.63) is 59.0 Å². The van der Waals surface area contributed by atoms with Gasteiger partial charge >= 0.3 is 0 Å². The number of hydrogen-bond donors (Lipinski definition) is 1. The highest BCUT2D eigenvalue weighted by molar-refractivity contribution is 5.24. The molecule has 0 spiro atoms. The minimum Gasteiger partial charge on any atom is -0.465 e. The number of benzene rings is 1. The predicted molar refractivity (Wildman–Crippen MR) is 91.5 cm³/mol. The van der Waals surface area contributed by atoms with E-state index in [1.807, 2.05) is 19.1 Å². The monoisotopic (exact) mass is 314 g/mol. The van der Waals surface area contributed by atoms with E-state index in [0.29, 0.717) is 6.04 Å². The third kappa shape index (κ3) is 4.44. The minimum atomic E-state index is 0.371. The first-order valence-corrected chi connectivity index (χ1v) is 8.37. The van der Waals surface area contributed by atoms with E-state index in [1.165, 1.54) is 11.1 Å². The highest BCUT2D eigenvalue weighted by atomic mass is 16.5. The van der Waals surface area contributed by atoms with Gasteiger partial charge in [0, 0.05) is 25.7 Å². The van der Waals surface area contributed by atoms with Gasteiger partial charge in [-0.25, -0.2) is 0 Å². The average molecular weight is 314 g/mol. The van der Waals surface area contributed by atoms with E-state index in [4.69, 9.17) is 9.15 Å². The summed E-state index contributed by atoms with van der Waals surface area (Å²) in [5.41, 5.74) is 2.66. The molecule has 1 atom stereocenters. The largest absolute Gasteiger partial charge is 0.465 e. The van der Waals surface area contributed by atoms with Crippen LogP contribution in [0.5, 0.6) is 0 Å². The van der Waals surface area contributed by atoms with Crippen molar-refractivity contribution in [3.63, 3.8) is 0 Å². The quantitative estimate of drug-likeness (QED) is 0.889. The molecule has 1 unspecified atom stereocenters. The van der Waals surface area contributed by atoms with Gasteiger partial charge in [-0.2, -0.15) is 0 Å². The Morgan fingerprint density at radius 1 is 1.04 bits per heavy atom. The third-order valence-corrected chi connectivity index (χ3v) is 4.38. The Balaban J connectivity index is 1.65. The molecule has 2 aromatic rings. The third-order valence-electron chi connectivity index (χ3n) is 4.38. The van der Waals surface area contributed by atoms with Crippen molar-refractivity contribution in [2.45, 2.75) is 26.4 Å². The molecule has 1 saturated heterocycles. The molecular formula is C19H26N2O2. The molecule has 1 aliphatic rings. The highest BCUT2D eigenvalue weighted by Crippen LogP contribution is 2.22. The molecule has 1 aromatic heterocycles. The number of ether oxygens (including phenoxy) is 1. The van der Waals surface area contributed by atoms with Crippen LogP contribution < -0.4 is 5.32 Å². The molecule has 23 heavy (non-hydrogen) atoms. The maximum absolute atomic E-state index is 5.64. The fourth-order valence-electron chi connectivity index (χ4n) is 3.05. The summed E-state index contributed by atoms with van der Waals surface area (Å²) < 4.78 is 11.1. The molecule has 0 amide bonds. The number of nitrogens with one attached hydrogen (secondary N) is 1. The number of rotatable bonds is 6. The number of aryl methyl sites for hydroxylation is 2. The Labute approximate surface area is 138 Å². The molecule has 2 heterocycles. The van der Waals surface area contributed by atoms with Gasteiger partial charge in [0.25, 0.3) is 0 Å². The maximum atomic E-state index is 5.64. The van der Waals surface area contributed by atoms with Gasteiger partial charge < -0.3 is 14.5 Å². The Morgan fingerprint density at radius 3 is 2.43 bits per heavy atom. The zero-order valence-electron chi connectivity index (χ0n) is 14.0. The number of morpholine rings is 1. The Bertz CT molecular complexity index is 600. The summed E-state index contributed by atoms with van der Waals surface area (Å²) in [6.07, 6.45) is 0. The smallest absolute Gasteiger partial charge is 0.117 e. The topological polar surface area (TPSA) is 37.6 Å². The molecule has 0 radical (unpaired) electrons. The molecule has 0 bridgehead atoms. The lowest BCUT2D eigenvalue weighted by molar-refractivity contribution is 0.0160. The van der Waals surface area contributed by atoms with E-state index in [9.17, 15) is 0 Å². The van der Waals surface area contributed by atoms with Crippen molar-refractivity contribution < 1.29 is 9.15 Å². The molecule has 1 fully saturated rings. The van der Waals surface area contributed by atoms with Crippen LogP contribution in [-0.4, -0.2) is 37.7 Å². The minimum absolute atomic E-state index is 0.371. The van der Waals surface area contributed by atoms with Crippen LogP contribution in [0, 0.1) is 13.8 Å². The normalized spacial score (nSPS) is 17.3. The van der Waals surface area contributed by atoms with E-state index in [1.54, 1.807) is 0 Å². The average Bonchev–Trinajstić information content (AvgIpc) is 2.99. The van der Waals surface area contributed by atoms with Crippen LogP contribution in [0.15, 0.2) is 40.8 Å². The van der Waals surface area contributed by atoms with Gasteiger partial charge in [-0.15, -0.1) is 0 Å². The Morgan fingerprint density at radius 2 is 1.78 bits per heavy atom. The van der Waals surface area contributed by atoms with Gasteiger partial charge in [0.2, 0.25) is 0 Å². The first-order chi connectivity index (χ1) is 11.2. The summed E-state index contributed by atoms with van der Waals surface area (Å²) in [4.78, 5) is 2.51. The summed E-state index contributed by atoms with van der Waals surface area (Å²) in [5.74, 6) is 1.96. The second kappa shape index (κ2) is 7.77. The van der Waals surface area contributed by atoms with Crippen LogP contribution in [-0.2, 0) is 11.3 Å². The Hall–Kier alpha value is -1.62. The fourth-order valence-corrected chi connectivity index (χ4v) is 3.05. The van der Waals surface area contributed by atoms with E-state index >= 15 is 0 Å². The van der Waals surface area contributed by atoms with Crippen LogP contribution in [0.2, 0.25) is 0 Å². The van der Waals surface area contributed by atoms with Gasteiger partial charge in [0.05, 0.1) is 19.8 Å². The van der Waals surface area contributed by atoms with Gasteiger partial charge in [0.15, 0.2) is 0 Å². The molecule has 3 rings (SSSR count). The zero-order chi connectivity index (χ0) is 16.1. The molecule has 124 valence electrons. The van der Waals surface area contributed by atoms with Crippen LogP contribution in [0.4, 0.5) is 0 Å². The van der Waals surface area contributed by atoms with Gasteiger partial charge in [0.1, 0.15) is 11.5 Å². The molecule has 4 heteroatoms. The molecule has 1 N–H and O–H groups in total. The lowest BCUT2D eigenvalue weighted by Gasteiger charge is -2.35. The van der Waals surface area contributed by atoms with Crippen molar-refractivity contribution in [2.75, 3.05) is 32.8 Å². The van der Waals surface area contributed by atoms with Crippen molar-refractivity contribution in [1.82, 2.24) is 10.2 Å². The van der Waals surface area contributed by atoms with Gasteiger partial charge in [-0.05, 0) is 31.5 Å². The first kappa shape index (κ1) is 16.2. The fraction of sp³-hybridized carbons (Fsp3) is 0.474. The van der Waals surface area contributed by atoms with Crippen LogP contribution in [0.1, 0.15) is 28.7 Å². The SMILES string of the molecule is Cc1ccc(C(CNCc2ccc(C)o2)N2CCOCC2)cc1. The van der Waals surface area contributed by atoms with Crippen LogP contribution >= 0.6 is 0 Å². The van der Waals surface area contributed by atoms with E-state index in [2.05, 4.69) is 41.4 Å². The molecular weight excluding hydrogens is 288 g/mol.